The lowest BCUT2D eigenvalue weighted by atomic mass is 10.0. The van der Waals surface area contributed by atoms with E-state index in [9.17, 15) is 4.79 Å². The molecule has 1 aromatic carbocycles. The highest BCUT2D eigenvalue weighted by Gasteiger charge is 2.24. The molecular weight excluding hydrogens is 288 g/mol. The topological polar surface area (TPSA) is 41.6 Å². The molecule has 1 aliphatic rings. The van der Waals surface area contributed by atoms with Crippen molar-refractivity contribution in [3.63, 3.8) is 0 Å². The Morgan fingerprint density at radius 1 is 1.38 bits per heavy atom. The molecule has 0 aliphatic carbocycles. The van der Waals surface area contributed by atoms with E-state index in [4.69, 9.17) is 16.3 Å². The number of hydrogen-bond acceptors (Lipinski definition) is 3. The predicted molar refractivity (Wildman–Crippen MR) is 84.8 cm³/mol. The van der Waals surface area contributed by atoms with Crippen LogP contribution in [0, 0.1) is 5.92 Å². The van der Waals surface area contributed by atoms with E-state index in [1.54, 1.807) is 24.3 Å². The quantitative estimate of drug-likeness (QED) is 0.908. The standard InChI is InChI=1S/C16H23ClN2O2/c1-12(2)15(19-6-8-21-9-7-19)11-18-16(20)13-4-3-5-14(17)10-13/h3-5,10,12,15H,6-9,11H2,1-2H3,(H,18,20). The van der Waals surface area contributed by atoms with E-state index in [1.165, 1.54) is 0 Å². The molecular formula is C16H23ClN2O2. The van der Waals surface area contributed by atoms with E-state index in [-0.39, 0.29) is 5.91 Å². The van der Waals surface area contributed by atoms with Crippen LogP contribution in [0.5, 0.6) is 0 Å². The highest BCUT2D eigenvalue weighted by atomic mass is 35.5. The Labute approximate surface area is 131 Å². The lowest BCUT2D eigenvalue weighted by Crippen LogP contribution is -2.51. The van der Waals surface area contributed by atoms with Gasteiger partial charge in [-0.15, -0.1) is 0 Å². The van der Waals surface area contributed by atoms with Crippen molar-refractivity contribution in [2.24, 2.45) is 5.92 Å². The lowest BCUT2D eigenvalue weighted by molar-refractivity contribution is 0.00673. The summed E-state index contributed by atoms with van der Waals surface area (Å²) in [5.41, 5.74) is 0.604. The number of carbonyl (C=O) groups excluding carboxylic acids is 1. The molecule has 1 fully saturated rings. The molecule has 5 heteroatoms. The molecule has 4 nitrogen and oxygen atoms in total. The van der Waals surface area contributed by atoms with Crippen LogP contribution >= 0.6 is 11.6 Å². The average Bonchev–Trinajstić information content (AvgIpc) is 2.48. The smallest absolute Gasteiger partial charge is 0.251 e. The molecule has 1 atom stereocenters. The van der Waals surface area contributed by atoms with Crippen LogP contribution in [0.3, 0.4) is 0 Å². The summed E-state index contributed by atoms with van der Waals surface area (Å²) in [4.78, 5) is 14.6. The predicted octanol–water partition coefficient (Wildman–Crippen LogP) is 2.43. The van der Waals surface area contributed by atoms with Crippen LogP contribution in [0.15, 0.2) is 24.3 Å². The SMILES string of the molecule is CC(C)C(CNC(=O)c1cccc(Cl)c1)N1CCOCC1. The summed E-state index contributed by atoms with van der Waals surface area (Å²) in [5.74, 6) is 0.402. The van der Waals surface area contributed by atoms with Crippen molar-refractivity contribution in [2.75, 3.05) is 32.8 Å². The van der Waals surface area contributed by atoms with Gasteiger partial charge < -0.3 is 10.1 Å². The van der Waals surface area contributed by atoms with E-state index < -0.39 is 0 Å². The number of nitrogens with one attached hydrogen (secondary N) is 1. The number of carbonyl (C=O) groups is 1. The first-order chi connectivity index (χ1) is 10.1. The molecule has 21 heavy (non-hydrogen) atoms. The molecule has 1 amide bonds. The molecule has 0 spiro atoms. The van der Waals surface area contributed by atoms with Crippen molar-refractivity contribution in [1.82, 2.24) is 10.2 Å². The largest absolute Gasteiger partial charge is 0.379 e. The number of morpholine rings is 1. The summed E-state index contributed by atoms with van der Waals surface area (Å²) in [7, 11) is 0. The number of amides is 1. The van der Waals surface area contributed by atoms with Gasteiger partial charge in [0.25, 0.3) is 5.91 Å². The first-order valence-corrected chi connectivity index (χ1v) is 7.81. The zero-order valence-corrected chi connectivity index (χ0v) is 13.4. The molecule has 1 saturated heterocycles. The number of halogens is 1. The third-order valence-corrected chi connectivity index (χ3v) is 4.08. The number of nitrogens with zero attached hydrogens (tertiary/aromatic N) is 1. The Kier molecular flexibility index (Phi) is 6.03. The third kappa shape index (κ3) is 4.70. The van der Waals surface area contributed by atoms with Gasteiger partial charge in [-0.05, 0) is 24.1 Å². The van der Waals surface area contributed by atoms with Crippen LogP contribution in [0.2, 0.25) is 5.02 Å². The van der Waals surface area contributed by atoms with Crippen LogP contribution in [-0.2, 0) is 4.74 Å². The molecule has 1 N–H and O–H groups in total. The Hall–Kier alpha value is -1.10. The zero-order valence-electron chi connectivity index (χ0n) is 12.6. The maximum atomic E-state index is 12.2. The van der Waals surface area contributed by atoms with Gasteiger partial charge in [-0.2, -0.15) is 0 Å². The van der Waals surface area contributed by atoms with Crippen LogP contribution < -0.4 is 5.32 Å². The van der Waals surface area contributed by atoms with Crippen molar-refractivity contribution in [3.05, 3.63) is 34.9 Å². The fraction of sp³-hybridized carbons (Fsp3) is 0.562. The molecule has 0 bridgehead atoms. The molecule has 1 unspecified atom stereocenters. The minimum atomic E-state index is -0.0728. The minimum absolute atomic E-state index is 0.0728. The van der Waals surface area contributed by atoms with E-state index in [0.717, 1.165) is 26.3 Å². The average molecular weight is 311 g/mol. The monoisotopic (exact) mass is 310 g/mol. The molecule has 0 aromatic heterocycles. The molecule has 0 saturated carbocycles. The van der Waals surface area contributed by atoms with Crippen LogP contribution in [0.25, 0.3) is 0 Å². The molecule has 0 radical (unpaired) electrons. The summed E-state index contributed by atoms with van der Waals surface area (Å²) in [6.07, 6.45) is 0. The van der Waals surface area contributed by atoms with Gasteiger partial charge in [-0.25, -0.2) is 0 Å². The minimum Gasteiger partial charge on any atom is -0.379 e. The Morgan fingerprint density at radius 3 is 2.71 bits per heavy atom. The number of ether oxygens (including phenoxy) is 1. The van der Waals surface area contributed by atoms with Crippen LogP contribution in [0.1, 0.15) is 24.2 Å². The van der Waals surface area contributed by atoms with Crippen molar-refractivity contribution in [3.8, 4) is 0 Å². The van der Waals surface area contributed by atoms with E-state index in [1.807, 2.05) is 0 Å². The molecule has 1 heterocycles. The van der Waals surface area contributed by atoms with Gasteiger partial charge in [0.2, 0.25) is 0 Å². The molecule has 1 aliphatic heterocycles. The van der Waals surface area contributed by atoms with Gasteiger partial charge in [-0.1, -0.05) is 31.5 Å². The van der Waals surface area contributed by atoms with Crippen molar-refractivity contribution < 1.29 is 9.53 Å². The maximum absolute atomic E-state index is 12.2. The van der Waals surface area contributed by atoms with Gasteiger partial charge in [0, 0.05) is 36.3 Å². The van der Waals surface area contributed by atoms with Gasteiger partial charge >= 0.3 is 0 Å². The number of benzene rings is 1. The van der Waals surface area contributed by atoms with E-state index >= 15 is 0 Å². The highest BCUT2D eigenvalue weighted by molar-refractivity contribution is 6.30. The van der Waals surface area contributed by atoms with Crippen molar-refractivity contribution >= 4 is 17.5 Å². The second kappa shape index (κ2) is 7.78. The summed E-state index contributed by atoms with van der Waals surface area (Å²) < 4.78 is 5.39. The summed E-state index contributed by atoms with van der Waals surface area (Å²) >= 11 is 5.92. The second-order valence-corrected chi connectivity index (χ2v) is 6.12. The normalized spacial score (nSPS) is 17.7. The molecule has 1 aromatic rings. The fourth-order valence-electron chi connectivity index (χ4n) is 2.62. The van der Waals surface area contributed by atoms with Gasteiger partial charge in [-0.3, -0.25) is 9.69 Å². The fourth-order valence-corrected chi connectivity index (χ4v) is 2.81. The first kappa shape index (κ1) is 16.3. The lowest BCUT2D eigenvalue weighted by Gasteiger charge is -2.36. The Morgan fingerprint density at radius 2 is 2.10 bits per heavy atom. The third-order valence-electron chi connectivity index (χ3n) is 3.84. The first-order valence-electron chi connectivity index (χ1n) is 7.43. The van der Waals surface area contributed by atoms with E-state index in [2.05, 4.69) is 24.1 Å². The summed E-state index contributed by atoms with van der Waals surface area (Å²) in [5, 5.41) is 3.60. The number of hydrogen-bond donors (Lipinski definition) is 1. The van der Waals surface area contributed by atoms with Crippen LogP contribution in [0.4, 0.5) is 0 Å². The Bertz CT molecular complexity index is 473. The molecule has 116 valence electrons. The van der Waals surface area contributed by atoms with Gasteiger partial charge in [0.15, 0.2) is 0 Å². The Balaban J connectivity index is 1.93. The van der Waals surface area contributed by atoms with Gasteiger partial charge in [0.1, 0.15) is 0 Å². The van der Waals surface area contributed by atoms with E-state index in [0.29, 0.717) is 29.1 Å². The highest BCUT2D eigenvalue weighted by Crippen LogP contribution is 2.13. The number of rotatable bonds is 5. The maximum Gasteiger partial charge on any atom is 0.251 e. The second-order valence-electron chi connectivity index (χ2n) is 5.68. The molecule has 2 rings (SSSR count). The van der Waals surface area contributed by atoms with Crippen molar-refractivity contribution in [1.29, 1.82) is 0 Å². The zero-order chi connectivity index (χ0) is 15.2. The summed E-state index contributed by atoms with van der Waals surface area (Å²) in [6, 6.07) is 7.36. The van der Waals surface area contributed by atoms with Crippen LogP contribution in [-0.4, -0.2) is 49.7 Å². The van der Waals surface area contributed by atoms with Gasteiger partial charge in [0.05, 0.1) is 13.2 Å². The van der Waals surface area contributed by atoms with Crippen molar-refractivity contribution in [2.45, 2.75) is 19.9 Å². The summed E-state index contributed by atoms with van der Waals surface area (Å²) in [6.45, 7) is 8.41.